The van der Waals surface area contributed by atoms with Gasteiger partial charge in [-0.3, -0.25) is 14.6 Å². The molecule has 3 rings (SSSR count). The van der Waals surface area contributed by atoms with Crippen LogP contribution < -0.4 is 5.32 Å². The Morgan fingerprint density at radius 2 is 1.93 bits per heavy atom. The number of morpholine rings is 1. The lowest BCUT2D eigenvalue weighted by molar-refractivity contribution is -0.130. The normalized spacial score (nSPS) is 21.9. The fraction of sp³-hybridized carbons (Fsp3) is 0.700. The molecule has 2 saturated heterocycles. The molecule has 156 valence electrons. The van der Waals surface area contributed by atoms with Crippen LogP contribution in [0.2, 0.25) is 0 Å². The second-order valence-electron chi connectivity index (χ2n) is 7.35. The third kappa shape index (κ3) is 5.24. The van der Waals surface area contributed by atoms with Gasteiger partial charge in [0, 0.05) is 59.1 Å². The maximum absolute atomic E-state index is 13.3. The number of hydrogen-bond acceptors (Lipinski definition) is 7. The molecular weight excluding hydrogens is 374 g/mol. The lowest BCUT2D eigenvalue weighted by atomic mass is 10.1. The van der Waals surface area contributed by atoms with Gasteiger partial charge in [0.2, 0.25) is 0 Å². The highest BCUT2D eigenvalue weighted by Gasteiger charge is 2.47. The quantitative estimate of drug-likeness (QED) is 0.645. The number of carbonyl (C=O) groups is 1. The number of carbonyl (C=O) groups excluding carboxylic acids is 1. The van der Waals surface area contributed by atoms with Crippen molar-refractivity contribution in [2.75, 3.05) is 72.6 Å². The standard InChI is InChI=1S/C20H33N5O2S/c1-3-8-23-9-11-25(12-10-23)20(19(26)21-2,17-24-13-15-27-16-14-24)28-18-6-4-5-7-22-18/h4-7H,3,8-17H2,1-2H3,(H,21,26). The Morgan fingerprint density at radius 1 is 1.18 bits per heavy atom. The molecule has 1 N–H and O–H groups in total. The van der Waals surface area contributed by atoms with Crippen molar-refractivity contribution in [1.29, 1.82) is 0 Å². The zero-order chi connectivity index (χ0) is 19.8. The zero-order valence-corrected chi connectivity index (χ0v) is 17.9. The summed E-state index contributed by atoms with van der Waals surface area (Å²) in [5, 5.41) is 3.83. The fourth-order valence-electron chi connectivity index (χ4n) is 3.95. The van der Waals surface area contributed by atoms with Crippen LogP contribution >= 0.6 is 11.8 Å². The summed E-state index contributed by atoms with van der Waals surface area (Å²) in [6, 6.07) is 5.89. The number of rotatable bonds is 8. The summed E-state index contributed by atoms with van der Waals surface area (Å²) >= 11 is 1.59. The van der Waals surface area contributed by atoms with Crippen molar-refractivity contribution >= 4 is 17.7 Å². The van der Waals surface area contributed by atoms with Gasteiger partial charge in [-0.25, -0.2) is 4.98 Å². The number of hydrogen-bond donors (Lipinski definition) is 1. The average Bonchev–Trinajstić information content (AvgIpc) is 2.75. The summed E-state index contributed by atoms with van der Waals surface area (Å²) in [7, 11) is 1.74. The molecule has 0 bridgehead atoms. The van der Waals surface area contributed by atoms with Crippen LogP contribution in [0.1, 0.15) is 13.3 Å². The van der Waals surface area contributed by atoms with Crippen LogP contribution in [0, 0.1) is 0 Å². The highest BCUT2D eigenvalue weighted by Crippen LogP contribution is 2.37. The smallest absolute Gasteiger partial charge is 0.252 e. The van der Waals surface area contributed by atoms with E-state index in [0.29, 0.717) is 6.54 Å². The monoisotopic (exact) mass is 407 g/mol. The van der Waals surface area contributed by atoms with Crippen molar-refractivity contribution in [3.8, 4) is 0 Å². The third-order valence-corrected chi connectivity index (χ3v) is 6.82. The van der Waals surface area contributed by atoms with E-state index >= 15 is 0 Å². The Kier molecular flexibility index (Phi) is 8.11. The van der Waals surface area contributed by atoms with Crippen molar-refractivity contribution in [3.05, 3.63) is 24.4 Å². The molecule has 0 radical (unpaired) electrons. The summed E-state index contributed by atoms with van der Waals surface area (Å²) in [6.45, 7) is 10.9. The van der Waals surface area contributed by atoms with Gasteiger partial charge in [0.05, 0.1) is 18.2 Å². The Bertz CT molecular complexity index is 606. The number of piperazine rings is 1. The van der Waals surface area contributed by atoms with Gasteiger partial charge in [0.1, 0.15) is 0 Å². The third-order valence-electron chi connectivity index (χ3n) is 5.46. The van der Waals surface area contributed by atoms with Gasteiger partial charge in [-0.2, -0.15) is 0 Å². The Hall–Kier alpha value is -1.19. The van der Waals surface area contributed by atoms with Gasteiger partial charge in [-0.1, -0.05) is 24.8 Å². The second kappa shape index (κ2) is 10.5. The van der Waals surface area contributed by atoms with Crippen LogP contribution in [0.15, 0.2) is 29.4 Å². The Labute approximate surface area is 172 Å². The van der Waals surface area contributed by atoms with E-state index in [1.54, 1.807) is 25.0 Å². The van der Waals surface area contributed by atoms with Crippen LogP contribution in [0.4, 0.5) is 0 Å². The molecular formula is C20H33N5O2S. The first-order chi connectivity index (χ1) is 13.7. The maximum atomic E-state index is 13.3. The number of pyridine rings is 1. The largest absolute Gasteiger partial charge is 0.379 e. The zero-order valence-electron chi connectivity index (χ0n) is 17.1. The van der Waals surface area contributed by atoms with Gasteiger partial charge in [-0.05, 0) is 25.1 Å². The molecule has 7 nitrogen and oxygen atoms in total. The van der Waals surface area contributed by atoms with E-state index < -0.39 is 4.87 Å². The maximum Gasteiger partial charge on any atom is 0.252 e. The number of likely N-dealkylation sites (N-methyl/N-ethyl adjacent to an activating group) is 1. The SMILES string of the molecule is CCCN1CCN(C(CN2CCOCC2)(Sc2ccccn2)C(=O)NC)CC1. The summed E-state index contributed by atoms with van der Waals surface area (Å²) in [5.74, 6) is 0.0542. The minimum Gasteiger partial charge on any atom is -0.379 e. The van der Waals surface area contributed by atoms with Crippen molar-refractivity contribution in [2.24, 2.45) is 0 Å². The van der Waals surface area contributed by atoms with Crippen LogP contribution in [-0.2, 0) is 9.53 Å². The number of ether oxygens (including phenoxy) is 1. The molecule has 2 fully saturated rings. The highest BCUT2D eigenvalue weighted by molar-refractivity contribution is 8.01. The fourth-order valence-corrected chi connectivity index (χ4v) is 5.31. The Balaban J connectivity index is 1.86. The van der Waals surface area contributed by atoms with E-state index in [0.717, 1.165) is 70.5 Å². The van der Waals surface area contributed by atoms with E-state index in [1.165, 1.54) is 0 Å². The van der Waals surface area contributed by atoms with E-state index in [-0.39, 0.29) is 5.91 Å². The topological polar surface area (TPSA) is 60.9 Å². The minimum absolute atomic E-state index is 0.0542. The average molecular weight is 408 g/mol. The van der Waals surface area contributed by atoms with Crippen LogP contribution in [0.3, 0.4) is 0 Å². The molecule has 1 amide bonds. The molecule has 1 unspecified atom stereocenters. The molecule has 8 heteroatoms. The molecule has 0 aromatic carbocycles. The first-order valence-electron chi connectivity index (χ1n) is 10.3. The first kappa shape index (κ1) is 21.5. The molecule has 0 spiro atoms. The van der Waals surface area contributed by atoms with Crippen molar-refractivity contribution in [3.63, 3.8) is 0 Å². The van der Waals surface area contributed by atoms with Gasteiger partial charge in [-0.15, -0.1) is 0 Å². The molecule has 3 heterocycles. The summed E-state index contributed by atoms with van der Waals surface area (Å²) in [4.78, 5) is 24.4. The van der Waals surface area contributed by atoms with Crippen molar-refractivity contribution in [2.45, 2.75) is 23.2 Å². The van der Waals surface area contributed by atoms with E-state index in [1.807, 2.05) is 18.2 Å². The van der Waals surface area contributed by atoms with Crippen molar-refractivity contribution < 1.29 is 9.53 Å². The Morgan fingerprint density at radius 3 is 2.54 bits per heavy atom. The first-order valence-corrected chi connectivity index (χ1v) is 11.1. The van der Waals surface area contributed by atoms with Gasteiger partial charge >= 0.3 is 0 Å². The van der Waals surface area contributed by atoms with E-state index in [2.05, 4.69) is 31.9 Å². The van der Waals surface area contributed by atoms with Crippen molar-refractivity contribution in [1.82, 2.24) is 25.0 Å². The summed E-state index contributed by atoms with van der Waals surface area (Å²) < 4.78 is 5.52. The lowest BCUT2D eigenvalue weighted by Gasteiger charge is -2.48. The molecule has 1 aromatic rings. The number of thioether (sulfide) groups is 1. The van der Waals surface area contributed by atoms with E-state index in [9.17, 15) is 4.79 Å². The molecule has 2 aliphatic heterocycles. The molecule has 0 saturated carbocycles. The molecule has 28 heavy (non-hydrogen) atoms. The number of amides is 1. The minimum atomic E-state index is -0.696. The second-order valence-corrected chi connectivity index (χ2v) is 8.65. The van der Waals surface area contributed by atoms with Gasteiger partial charge < -0.3 is 15.0 Å². The number of nitrogens with one attached hydrogen (secondary N) is 1. The lowest BCUT2D eigenvalue weighted by Crippen LogP contribution is -2.66. The van der Waals surface area contributed by atoms with Gasteiger partial charge in [0.25, 0.3) is 5.91 Å². The highest BCUT2D eigenvalue weighted by atomic mass is 32.2. The summed E-state index contributed by atoms with van der Waals surface area (Å²) in [6.07, 6.45) is 2.96. The summed E-state index contributed by atoms with van der Waals surface area (Å²) in [5.41, 5.74) is 0. The van der Waals surface area contributed by atoms with Gasteiger partial charge in [0.15, 0.2) is 4.87 Å². The molecule has 0 aliphatic carbocycles. The van der Waals surface area contributed by atoms with Crippen LogP contribution in [0.5, 0.6) is 0 Å². The molecule has 1 atom stereocenters. The number of aromatic nitrogens is 1. The van der Waals surface area contributed by atoms with Crippen LogP contribution in [-0.4, -0.2) is 103 Å². The predicted molar refractivity (Wildman–Crippen MR) is 112 cm³/mol. The predicted octanol–water partition coefficient (Wildman–Crippen LogP) is 0.976. The molecule has 1 aromatic heterocycles. The van der Waals surface area contributed by atoms with E-state index in [4.69, 9.17) is 4.74 Å². The number of nitrogens with zero attached hydrogens (tertiary/aromatic N) is 4. The molecule has 2 aliphatic rings. The van der Waals surface area contributed by atoms with Crippen LogP contribution in [0.25, 0.3) is 0 Å².